The summed E-state index contributed by atoms with van der Waals surface area (Å²) in [4.78, 5) is 23.5. The van der Waals surface area contributed by atoms with Crippen LogP contribution in [-0.2, 0) is 17.4 Å². The topological polar surface area (TPSA) is 77.0 Å². The van der Waals surface area contributed by atoms with E-state index >= 15 is 0 Å². The first-order valence-corrected chi connectivity index (χ1v) is 8.19. The van der Waals surface area contributed by atoms with Gasteiger partial charge in [0.25, 0.3) is 0 Å². The Kier molecular flexibility index (Phi) is 5.53. The number of alkyl halides is 3. The normalized spacial score (nSPS) is 11.1. The standard InChI is InChI=1S/C19H15F3N4O2/c1-12-23-8-6-17(25-12)26-18(27)10-13-3-2-4-14(9-13)28-15-5-7-24-16(11-15)19(20,21)22/h2-9,11H,10H2,1H3,(H,23,25,26,27). The molecule has 2 aromatic heterocycles. The Morgan fingerprint density at radius 2 is 1.82 bits per heavy atom. The molecule has 1 aromatic carbocycles. The summed E-state index contributed by atoms with van der Waals surface area (Å²) in [5.74, 6) is 0.937. The highest BCUT2D eigenvalue weighted by molar-refractivity contribution is 5.91. The van der Waals surface area contributed by atoms with Crippen molar-refractivity contribution in [3.63, 3.8) is 0 Å². The summed E-state index contributed by atoms with van der Waals surface area (Å²) in [6.07, 6.45) is -1.95. The second-order valence-corrected chi connectivity index (χ2v) is 5.84. The molecule has 0 aliphatic carbocycles. The van der Waals surface area contributed by atoms with Crippen LogP contribution < -0.4 is 10.1 Å². The van der Waals surface area contributed by atoms with Crippen molar-refractivity contribution in [3.8, 4) is 11.5 Å². The number of aryl methyl sites for hydroxylation is 1. The van der Waals surface area contributed by atoms with E-state index in [0.717, 1.165) is 12.3 Å². The molecule has 3 aromatic rings. The maximum atomic E-state index is 12.7. The third-order valence-corrected chi connectivity index (χ3v) is 3.56. The minimum Gasteiger partial charge on any atom is -0.457 e. The molecule has 0 radical (unpaired) electrons. The number of nitrogens with zero attached hydrogens (tertiary/aromatic N) is 3. The second-order valence-electron chi connectivity index (χ2n) is 5.84. The minimum absolute atomic E-state index is 0.000359. The number of pyridine rings is 1. The average Bonchev–Trinajstić information content (AvgIpc) is 2.61. The van der Waals surface area contributed by atoms with Gasteiger partial charge in [-0.1, -0.05) is 12.1 Å². The van der Waals surface area contributed by atoms with Gasteiger partial charge >= 0.3 is 6.18 Å². The number of amides is 1. The summed E-state index contributed by atoms with van der Waals surface area (Å²) >= 11 is 0. The molecule has 1 N–H and O–H groups in total. The number of nitrogens with one attached hydrogen (secondary N) is 1. The lowest BCUT2D eigenvalue weighted by Crippen LogP contribution is -2.15. The fourth-order valence-electron chi connectivity index (χ4n) is 2.38. The van der Waals surface area contributed by atoms with Gasteiger partial charge in [-0.3, -0.25) is 9.78 Å². The number of hydrogen-bond acceptors (Lipinski definition) is 5. The summed E-state index contributed by atoms with van der Waals surface area (Å²) in [6, 6.07) is 10.3. The summed E-state index contributed by atoms with van der Waals surface area (Å²) in [7, 11) is 0. The number of carbonyl (C=O) groups excluding carboxylic acids is 1. The number of ether oxygens (including phenoxy) is 1. The number of hydrogen-bond donors (Lipinski definition) is 1. The van der Waals surface area contributed by atoms with Gasteiger partial charge in [0.1, 0.15) is 28.8 Å². The molecule has 3 rings (SSSR count). The smallest absolute Gasteiger partial charge is 0.433 e. The first-order chi connectivity index (χ1) is 13.3. The van der Waals surface area contributed by atoms with Gasteiger partial charge in [-0.15, -0.1) is 0 Å². The van der Waals surface area contributed by atoms with E-state index in [1.165, 1.54) is 12.3 Å². The van der Waals surface area contributed by atoms with Crippen LogP contribution in [0.2, 0.25) is 0 Å². The lowest BCUT2D eigenvalue weighted by Gasteiger charge is -2.10. The van der Waals surface area contributed by atoms with Gasteiger partial charge < -0.3 is 10.1 Å². The summed E-state index contributed by atoms with van der Waals surface area (Å²) in [6.45, 7) is 1.71. The fraction of sp³-hybridized carbons (Fsp3) is 0.158. The number of aromatic nitrogens is 3. The van der Waals surface area contributed by atoms with Gasteiger partial charge in [-0.05, 0) is 36.8 Å². The zero-order valence-electron chi connectivity index (χ0n) is 14.7. The van der Waals surface area contributed by atoms with Crippen LogP contribution in [0.25, 0.3) is 0 Å². The van der Waals surface area contributed by atoms with Crippen LogP contribution in [0.3, 0.4) is 0 Å². The first kappa shape index (κ1) is 19.3. The Labute approximate surface area is 158 Å². The van der Waals surface area contributed by atoms with Crippen molar-refractivity contribution in [2.75, 3.05) is 5.32 Å². The highest BCUT2D eigenvalue weighted by Gasteiger charge is 2.32. The molecule has 0 unspecified atom stereocenters. The van der Waals surface area contributed by atoms with Crippen molar-refractivity contribution in [1.82, 2.24) is 15.0 Å². The second kappa shape index (κ2) is 8.03. The van der Waals surface area contributed by atoms with E-state index in [2.05, 4.69) is 20.3 Å². The van der Waals surface area contributed by atoms with Crippen LogP contribution in [0.5, 0.6) is 11.5 Å². The van der Waals surface area contributed by atoms with Crippen molar-refractivity contribution in [1.29, 1.82) is 0 Å². The Balaban J connectivity index is 1.68. The monoisotopic (exact) mass is 388 g/mol. The van der Waals surface area contributed by atoms with Gasteiger partial charge in [0.2, 0.25) is 5.91 Å². The minimum atomic E-state index is -4.56. The van der Waals surface area contributed by atoms with E-state index < -0.39 is 11.9 Å². The van der Waals surface area contributed by atoms with Gasteiger partial charge in [-0.2, -0.15) is 13.2 Å². The van der Waals surface area contributed by atoms with Crippen molar-refractivity contribution in [3.05, 3.63) is 71.9 Å². The van der Waals surface area contributed by atoms with Crippen LogP contribution in [0.4, 0.5) is 19.0 Å². The van der Waals surface area contributed by atoms with E-state index in [9.17, 15) is 18.0 Å². The first-order valence-electron chi connectivity index (χ1n) is 8.19. The van der Waals surface area contributed by atoms with Crippen molar-refractivity contribution >= 4 is 11.7 Å². The molecule has 0 atom stereocenters. The zero-order valence-corrected chi connectivity index (χ0v) is 14.7. The lowest BCUT2D eigenvalue weighted by atomic mass is 10.1. The lowest BCUT2D eigenvalue weighted by molar-refractivity contribution is -0.141. The molecule has 6 nitrogen and oxygen atoms in total. The quantitative estimate of drug-likeness (QED) is 0.710. The molecule has 1 amide bonds. The fourth-order valence-corrected chi connectivity index (χ4v) is 2.38. The van der Waals surface area contributed by atoms with E-state index in [1.807, 2.05) is 0 Å². The van der Waals surface area contributed by atoms with Crippen molar-refractivity contribution in [2.45, 2.75) is 19.5 Å². The highest BCUT2D eigenvalue weighted by Crippen LogP contribution is 2.31. The predicted molar refractivity (Wildman–Crippen MR) is 94.9 cm³/mol. The maximum absolute atomic E-state index is 12.7. The molecular formula is C19H15F3N4O2. The third kappa shape index (κ3) is 5.26. The van der Waals surface area contributed by atoms with E-state index in [0.29, 0.717) is 23.0 Å². The number of carbonyl (C=O) groups is 1. The van der Waals surface area contributed by atoms with Gasteiger partial charge in [-0.25, -0.2) is 9.97 Å². The van der Waals surface area contributed by atoms with Crippen LogP contribution in [0, 0.1) is 6.92 Å². The van der Waals surface area contributed by atoms with Crippen LogP contribution >= 0.6 is 0 Å². The molecule has 0 aliphatic rings. The van der Waals surface area contributed by atoms with Crippen LogP contribution in [0.1, 0.15) is 17.1 Å². The molecular weight excluding hydrogens is 373 g/mol. The van der Waals surface area contributed by atoms with Gasteiger partial charge in [0.15, 0.2) is 0 Å². The molecule has 0 bridgehead atoms. The van der Waals surface area contributed by atoms with Gasteiger partial charge in [0.05, 0.1) is 6.42 Å². The van der Waals surface area contributed by atoms with Crippen molar-refractivity contribution in [2.24, 2.45) is 0 Å². The zero-order chi connectivity index (χ0) is 20.1. The number of halogens is 3. The summed E-state index contributed by atoms with van der Waals surface area (Å²) in [5.41, 5.74) is -0.411. The molecule has 144 valence electrons. The number of benzene rings is 1. The van der Waals surface area contributed by atoms with E-state index in [1.54, 1.807) is 37.3 Å². The van der Waals surface area contributed by atoms with Crippen LogP contribution in [-0.4, -0.2) is 20.9 Å². The number of anilines is 1. The van der Waals surface area contributed by atoms with Crippen molar-refractivity contribution < 1.29 is 22.7 Å². The van der Waals surface area contributed by atoms with E-state index in [-0.39, 0.29) is 18.1 Å². The third-order valence-electron chi connectivity index (χ3n) is 3.56. The van der Waals surface area contributed by atoms with Crippen LogP contribution in [0.15, 0.2) is 54.9 Å². The molecule has 0 aliphatic heterocycles. The van der Waals surface area contributed by atoms with E-state index in [4.69, 9.17) is 4.74 Å². The molecule has 9 heteroatoms. The maximum Gasteiger partial charge on any atom is 0.433 e. The Bertz CT molecular complexity index is 993. The summed E-state index contributed by atoms with van der Waals surface area (Å²) < 4.78 is 43.7. The SMILES string of the molecule is Cc1nccc(NC(=O)Cc2cccc(Oc3ccnc(C(F)(F)F)c3)c2)n1. The molecule has 0 spiro atoms. The highest BCUT2D eigenvalue weighted by atomic mass is 19.4. The largest absolute Gasteiger partial charge is 0.457 e. The predicted octanol–water partition coefficient (Wildman–Crippen LogP) is 4.17. The molecule has 0 saturated carbocycles. The van der Waals surface area contributed by atoms with Gasteiger partial charge in [0, 0.05) is 18.5 Å². The Morgan fingerprint density at radius 3 is 2.57 bits per heavy atom. The average molecular weight is 388 g/mol. The molecule has 2 heterocycles. The Morgan fingerprint density at radius 1 is 1.07 bits per heavy atom. The Hall–Kier alpha value is -3.49. The molecule has 0 saturated heterocycles. The number of rotatable bonds is 5. The summed E-state index contributed by atoms with van der Waals surface area (Å²) in [5, 5.41) is 2.66. The molecule has 28 heavy (non-hydrogen) atoms. The molecule has 0 fully saturated rings.